The predicted octanol–water partition coefficient (Wildman–Crippen LogP) is 9.28. The summed E-state index contributed by atoms with van der Waals surface area (Å²) in [6.45, 7) is 0. The Balaban J connectivity index is 1.14. The minimum Gasteiger partial charge on any atom is -0.278 e. The van der Waals surface area contributed by atoms with Crippen LogP contribution in [0.2, 0.25) is 0 Å². The molecule has 9 aromatic rings. The number of fused-ring (bicyclic) bond motifs is 5. The van der Waals surface area contributed by atoms with Gasteiger partial charge in [0.05, 0.1) is 22.1 Å². The third-order valence-corrected chi connectivity index (χ3v) is 8.39. The summed E-state index contributed by atoms with van der Waals surface area (Å²) in [4.78, 5) is 19.7. The Hall–Kier alpha value is -6.40. The van der Waals surface area contributed by atoms with Crippen molar-refractivity contribution < 1.29 is 0 Å². The molecule has 0 N–H and O–H groups in total. The van der Waals surface area contributed by atoms with Crippen LogP contribution in [0, 0.1) is 0 Å². The zero-order chi connectivity index (χ0) is 30.5. The van der Waals surface area contributed by atoms with E-state index in [-0.39, 0.29) is 0 Å². The summed E-state index contributed by atoms with van der Waals surface area (Å²) in [6.07, 6.45) is 0. The van der Waals surface area contributed by atoms with Crippen molar-refractivity contribution in [3.8, 4) is 51.0 Å². The zero-order valence-corrected chi connectivity index (χ0v) is 24.7. The molecule has 0 unspecified atom stereocenters. The highest BCUT2D eigenvalue weighted by atomic mass is 15.2. The van der Waals surface area contributed by atoms with E-state index in [1.165, 1.54) is 0 Å². The topological polar surface area (TPSA) is 60.9 Å². The SMILES string of the molecule is c1ccc(-c2nc(-c3ccccc3)nc(-c3ccc(-c4ccc5nc6n(-c7ccccc7)c7ccccc7n6c5c4)cc3)n2)cc1. The van der Waals surface area contributed by atoms with Gasteiger partial charge in [-0.05, 0) is 47.5 Å². The first-order chi connectivity index (χ1) is 22.8. The van der Waals surface area contributed by atoms with Gasteiger partial charge in [-0.15, -0.1) is 0 Å². The Bertz CT molecular complexity index is 2440. The number of para-hydroxylation sites is 3. The molecule has 3 aromatic heterocycles. The molecule has 0 aliphatic carbocycles. The van der Waals surface area contributed by atoms with Gasteiger partial charge in [0.2, 0.25) is 5.78 Å². The van der Waals surface area contributed by atoms with Crippen molar-refractivity contribution in [1.29, 1.82) is 0 Å². The summed E-state index contributed by atoms with van der Waals surface area (Å²) in [5.41, 5.74) is 10.4. The normalized spacial score (nSPS) is 11.5. The Labute approximate surface area is 264 Å². The van der Waals surface area contributed by atoms with Gasteiger partial charge in [-0.2, -0.15) is 0 Å². The van der Waals surface area contributed by atoms with E-state index in [4.69, 9.17) is 19.9 Å². The van der Waals surface area contributed by atoms with Crippen molar-refractivity contribution in [2.75, 3.05) is 0 Å². The number of hydrogen-bond donors (Lipinski definition) is 0. The lowest BCUT2D eigenvalue weighted by atomic mass is 10.0. The average molecular weight is 591 g/mol. The summed E-state index contributed by atoms with van der Waals surface area (Å²) in [5, 5.41) is 0. The van der Waals surface area contributed by atoms with Crippen LogP contribution in [0.5, 0.6) is 0 Å². The maximum absolute atomic E-state index is 5.09. The quantitative estimate of drug-likeness (QED) is 0.200. The minimum absolute atomic E-state index is 0.640. The van der Waals surface area contributed by atoms with Crippen LogP contribution in [0.1, 0.15) is 0 Å². The molecule has 0 radical (unpaired) electrons. The molecule has 6 aromatic carbocycles. The summed E-state index contributed by atoms with van der Waals surface area (Å²) in [5.74, 6) is 2.84. The second kappa shape index (κ2) is 10.6. The van der Waals surface area contributed by atoms with Crippen LogP contribution in [0.25, 0.3) is 78.8 Å². The molecule has 0 aliphatic heterocycles. The number of rotatable bonds is 5. The van der Waals surface area contributed by atoms with E-state index in [9.17, 15) is 0 Å². The van der Waals surface area contributed by atoms with E-state index in [0.29, 0.717) is 17.5 Å². The molecule has 46 heavy (non-hydrogen) atoms. The molecule has 216 valence electrons. The molecular formula is C40H26N6. The number of imidazole rings is 2. The predicted molar refractivity (Wildman–Crippen MR) is 185 cm³/mol. The number of nitrogens with zero attached hydrogens (tertiary/aromatic N) is 6. The molecular weight excluding hydrogens is 564 g/mol. The Morgan fingerprint density at radius 1 is 0.348 bits per heavy atom. The largest absolute Gasteiger partial charge is 0.278 e. The minimum atomic E-state index is 0.640. The lowest BCUT2D eigenvalue weighted by molar-refractivity contribution is 1.07. The lowest BCUT2D eigenvalue weighted by Gasteiger charge is -2.09. The molecule has 0 saturated carbocycles. The van der Waals surface area contributed by atoms with Gasteiger partial charge in [0, 0.05) is 22.4 Å². The standard InChI is InChI=1S/C40H26N6/c1-4-12-28(13-5-1)37-42-38(29-14-6-2-7-15-29)44-39(43-37)30-22-20-27(21-23-30)31-24-25-33-36(26-31)46-35-19-11-10-18-34(35)45(40(46)41-33)32-16-8-3-9-17-32/h1-26H. The summed E-state index contributed by atoms with van der Waals surface area (Å²) >= 11 is 0. The van der Waals surface area contributed by atoms with Crippen LogP contribution in [0.15, 0.2) is 158 Å². The molecule has 0 bridgehead atoms. The maximum Gasteiger partial charge on any atom is 0.220 e. The van der Waals surface area contributed by atoms with Crippen molar-refractivity contribution in [3.63, 3.8) is 0 Å². The molecule has 9 rings (SSSR count). The Morgan fingerprint density at radius 3 is 1.43 bits per heavy atom. The van der Waals surface area contributed by atoms with Gasteiger partial charge in [-0.25, -0.2) is 19.9 Å². The van der Waals surface area contributed by atoms with E-state index in [1.54, 1.807) is 0 Å². The summed E-state index contributed by atoms with van der Waals surface area (Å²) < 4.78 is 4.49. The second-order valence-electron chi connectivity index (χ2n) is 11.2. The van der Waals surface area contributed by atoms with Gasteiger partial charge in [0.25, 0.3) is 0 Å². The first-order valence-corrected chi connectivity index (χ1v) is 15.2. The molecule has 0 saturated heterocycles. The number of aromatic nitrogens is 6. The third kappa shape index (κ3) is 4.35. The fourth-order valence-electron chi connectivity index (χ4n) is 6.16. The second-order valence-corrected chi connectivity index (χ2v) is 11.2. The van der Waals surface area contributed by atoms with E-state index in [0.717, 1.165) is 61.3 Å². The van der Waals surface area contributed by atoms with Gasteiger partial charge in [0.15, 0.2) is 17.5 Å². The molecule has 3 heterocycles. The van der Waals surface area contributed by atoms with E-state index < -0.39 is 0 Å². The average Bonchev–Trinajstić information content (AvgIpc) is 3.67. The maximum atomic E-state index is 5.09. The van der Waals surface area contributed by atoms with E-state index in [1.807, 2.05) is 66.7 Å². The van der Waals surface area contributed by atoms with Crippen molar-refractivity contribution in [1.82, 2.24) is 28.9 Å². The van der Waals surface area contributed by atoms with Crippen molar-refractivity contribution in [2.24, 2.45) is 0 Å². The highest BCUT2D eigenvalue weighted by molar-refractivity contribution is 5.94. The fourth-order valence-corrected chi connectivity index (χ4v) is 6.16. The van der Waals surface area contributed by atoms with Gasteiger partial charge in [-0.3, -0.25) is 8.97 Å². The van der Waals surface area contributed by atoms with Crippen LogP contribution in [-0.2, 0) is 0 Å². The fraction of sp³-hybridized carbons (Fsp3) is 0. The van der Waals surface area contributed by atoms with Gasteiger partial charge >= 0.3 is 0 Å². The summed E-state index contributed by atoms with van der Waals surface area (Å²) in [7, 11) is 0. The van der Waals surface area contributed by atoms with E-state index in [2.05, 4.69) is 100.0 Å². The Morgan fingerprint density at radius 2 is 0.826 bits per heavy atom. The lowest BCUT2D eigenvalue weighted by Crippen LogP contribution is -2.00. The monoisotopic (exact) mass is 590 g/mol. The van der Waals surface area contributed by atoms with Gasteiger partial charge in [0.1, 0.15) is 0 Å². The van der Waals surface area contributed by atoms with Gasteiger partial charge < -0.3 is 0 Å². The highest BCUT2D eigenvalue weighted by Gasteiger charge is 2.18. The molecule has 0 spiro atoms. The Kier molecular flexibility index (Phi) is 6.03. The molecule has 6 heteroatoms. The summed E-state index contributed by atoms with van der Waals surface area (Å²) in [6, 6.07) is 53.9. The smallest absolute Gasteiger partial charge is 0.220 e. The van der Waals surface area contributed by atoms with Crippen LogP contribution >= 0.6 is 0 Å². The third-order valence-electron chi connectivity index (χ3n) is 8.39. The van der Waals surface area contributed by atoms with Crippen molar-refractivity contribution >= 4 is 27.8 Å². The van der Waals surface area contributed by atoms with Crippen molar-refractivity contribution in [2.45, 2.75) is 0 Å². The molecule has 0 fully saturated rings. The first kappa shape index (κ1) is 26.0. The molecule has 6 nitrogen and oxygen atoms in total. The first-order valence-electron chi connectivity index (χ1n) is 15.2. The number of benzene rings is 6. The molecule has 0 aliphatic rings. The highest BCUT2D eigenvalue weighted by Crippen LogP contribution is 2.32. The van der Waals surface area contributed by atoms with Crippen LogP contribution in [-0.4, -0.2) is 28.9 Å². The van der Waals surface area contributed by atoms with E-state index >= 15 is 0 Å². The van der Waals surface area contributed by atoms with Crippen LogP contribution < -0.4 is 0 Å². The van der Waals surface area contributed by atoms with Gasteiger partial charge in [-0.1, -0.05) is 121 Å². The van der Waals surface area contributed by atoms with Crippen molar-refractivity contribution in [3.05, 3.63) is 158 Å². The molecule has 0 amide bonds. The van der Waals surface area contributed by atoms with Crippen LogP contribution in [0.3, 0.4) is 0 Å². The number of hydrogen-bond acceptors (Lipinski definition) is 4. The van der Waals surface area contributed by atoms with Crippen LogP contribution in [0.4, 0.5) is 0 Å². The zero-order valence-electron chi connectivity index (χ0n) is 24.7. The molecule has 0 atom stereocenters.